The molecular weight excluding hydrogens is 306 g/mol. The molecule has 0 saturated heterocycles. The number of ether oxygens (including phenoxy) is 1. The van der Waals surface area contributed by atoms with Crippen molar-refractivity contribution in [2.75, 3.05) is 4.90 Å². The minimum absolute atomic E-state index is 0.0546. The Bertz CT molecular complexity index is 624. The Hall–Kier alpha value is -1.81. The first-order valence-corrected chi connectivity index (χ1v) is 6.81. The average molecular weight is 318 g/mol. The zero-order valence-electron chi connectivity index (χ0n) is 10.3. The highest BCUT2D eigenvalue weighted by atomic mass is 79.9. The first-order valence-electron chi connectivity index (χ1n) is 6.02. The molecule has 4 heteroatoms. The van der Waals surface area contributed by atoms with E-state index in [0.717, 1.165) is 21.6 Å². The number of para-hydroxylation sites is 2. The van der Waals surface area contributed by atoms with Gasteiger partial charge < -0.3 is 4.74 Å². The Morgan fingerprint density at radius 1 is 1.11 bits per heavy atom. The number of hydrogen-bond donors (Lipinski definition) is 0. The van der Waals surface area contributed by atoms with Crippen LogP contribution in [0.2, 0.25) is 0 Å². The van der Waals surface area contributed by atoms with Crippen LogP contribution in [0.5, 0.6) is 5.75 Å². The topological polar surface area (TPSA) is 29.5 Å². The molecule has 1 unspecified atom stereocenters. The van der Waals surface area contributed by atoms with E-state index in [9.17, 15) is 4.79 Å². The lowest BCUT2D eigenvalue weighted by molar-refractivity contribution is -0.124. The Balaban J connectivity index is 2.13. The molecule has 19 heavy (non-hydrogen) atoms. The van der Waals surface area contributed by atoms with Crippen LogP contribution in [0.3, 0.4) is 0 Å². The van der Waals surface area contributed by atoms with Crippen LogP contribution in [0.25, 0.3) is 0 Å². The van der Waals surface area contributed by atoms with Crippen molar-refractivity contribution in [2.24, 2.45) is 0 Å². The second kappa shape index (κ2) is 4.70. The molecule has 2 aromatic rings. The Morgan fingerprint density at radius 3 is 2.53 bits per heavy atom. The summed E-state index contributed by atoms with van der Waals surface area (Å²) in [4.78, 5) is 14.1. The number of nitrogens with zero attached hydrogens (tertiary/aromatic N) is 1. The highest BCUT2D eigenvalue weighted by molar-refractivity contribution is 9.10. The third-order valence-corrected chi connectivity index (χ3v) is 3.59. The summed E-state index contributed by atoms with van der Waals surface area (Å²) in [6.07, 6.45) is -0.474. The first-order chi connectivity index (χ1) is 9.16. The molecule has 0 saturated carbocycles. The fourth-order valence-electron chi connectivity index (χ4n) is 2.14. The highest BCUT2D eigenvalue weighted by Crippen LogP contribution is 2.38. The van der Waals surface area contributed by atoms with Crippen LogP contribution in [0.15, 0.2) is 53.0 Å². The van der Waals surface area contributed by atoms with Crippen molar-refractivity contribution in [3.05, 3.63) is 53.0 Å². The summed E-state index contributed by atoms with van der Waals surface area (Å²) in [5.74, 6) is 0.679. The third-order valence-electron chi connectivity index (χ3n) is 3.06. The molecule has 0 radical (unpaired) electrons. The van der Waals surface area contributed by atoms with Gasteiger partial charge in [-0.15, -0.1) is 0 Å². The van der Waals surface area contributed by atoms with Crippen molar-refractivity contribution in [3.8, 4) is 5.75 Å². The van der Waals surface area contributed by atoms with E-state index >= 15 is 0 Å². The third kappa shape index (κ3) is 2.12. The zero-order valence-corrected chi connectivity index (χ0v) is 11.9. The fraction of sp³-hybridized carbons (Fsp3) is 0.133. The normalized spacial score (nSPS) is 17.9. The maximum absolute atomic E-state index is 12.4. The van der Waals surface area contributed by atoms with Crippen LogP contribution in [0, 0.1) is 0 Å². The van der Waals surface area contributed by atoms with E-state index in [4.69, 9.17) is 4.74 Å². The summed E-state index contributed by atoms with van der Waals surface area (Å²) >= 11 is 3.40. The number of carbonyl (C=O) groups is 1. The molecular formula is C15H12BrNO2. The standard InChI is InChI=1S/C15H12BrNO2/c1-10-15(18)17(12-8-6-11(16)7-9-12)13-4-2-3-5-14(13)19-10/h2-10H,1H3. The van der Waals surface area contributed by atoms with E-state index in [1.165, 1.54) is 0 Å². The Labute approximate surface area is 119 Å². The molecule has 96 valence electrons. The van der Waals surface area contributed by atoms with Crippen LogP contribution in [-0.4, -0.2) is 12.0 Å². The van der Waals surface area contributed by atoms with Gasteiger partial charge in [0.25, 0.3) is 5.91 Å². The second-order valence-corrected chi connectivity index (χ2v) is 5.29. The van der Waals surface area contributed by atoms with E-state index in [-0.39, 0.29) is 5.91 Å². The fourth-order valence-corrected chi connectivity index (χ4v) is 2.40. The van der Waals surface area contributed by atoms with Gasteiger partial charge in [-0.2, -0.15) is 0 Å². The predicted octanol–water partition coefficient (Wildman–Crippen LogP) is 3.89. The molecule has 1 aliphatic heterocycles. The van der Waals surface area contributed by atoms with Gasteiger partial charge in [0.2, 0.25) is 0 Å². The SMILES string of the molecule is CC1Oc2ccccc2N(c2ccc(Br)cc2)C1=O. The summed E-state index contributed by atoms with van der Waals surface area (Å²) in [6, 6.07) is 15.2. The second-order valence-electron chi connectivity index (χ2n) is 4.38. The van der Waals surface area contributed by atoms with E-state index in [2.05, 4.69) is 15.9 Å². The van der Waals surface area contributed by atoms with Crippen molar-refractivity contribution in [1.82, 2.24) is 0 Å². The van der Waals surface area contributed by atoms with Crippen molar-refractivity contribution in [3.63, 3.8) is 0 Å². The molecule has 1 amide bonds. The van der Waals surface area contributed by atoms with Gasteiger partial charge in [0.05, 0.1) is 5.69 Å². The van der Waals surface area contributed by atoms with E-state index in [0.29, 0.717) is 0 Å². The number of rotatable bonds is 1. The number of carbonyl (C=O) groups excluding carboxylic acids is 1. The summed E-state index contributed by atoms with van der Waals surface area (Å²) in [5.41, 5.74) is 1.63. The lowest BCUT2D eigenvalue weighted by atomic mass is 10.1. The smallest absolute Gasteiger partial charge is 0.272 e. The number of amides is 1. The van der Waals surface area contributed by atoms with E-state index < -0.39 is 6.10 Å². The molecule has 1 aliphatic rings. The molecule has 0 bridgehead atoms. The van der Waals surface area contributed by atoms with Gasteiger partial charge in [-0.1, -0.05) is 28.1 Å². The van der Waals surface area contributed by atoms with Crippen LogP contribution < -0.4 is 9.64 Å². The van der Waals surface area contributed by atoms with Gasteiger partial charge in [0.15, 0.2) is 6.10 Å². The van der Waals surface area contributed by atoms with Crippen molar-refractivity contribution >= 4 is 33.2 Å². The quantitative estimate of drug-likeness (QED) is 0.798. The molecule has 3 rings (SSSR count). The number of halogens is 1. The number of fused-ring (bicyclic) bond motifs is 1. The minimum Gasteiger partial charge on any atom is -0.479 e. The minimum atomic E-state index is -0.474. The van der Waals surface area contributed by atoms with Gasteiger partial charge in [-0.05, 0) is 43.3 Å². The van der Waals surface area contributed by atoms with E-state index in [1.54, 1.807) is 11.8 Å². The summed E-state index contributed by atoms with van der Waals surface area (Å²) in [7, 11) is 0. The lowest BCUT2D eigenvalue weighted by Gasteiger charge is -2.32. The Morgan fingerprint density at radius 2 is 1.79 bits per heavy atom. The summed E-state index contributed by atoms with van der Waals surface area (Å²) in [5, 5.41) is 0. The van der Waals surface area contributed by atoms with E-state index in [1.807, 2.05) is 48.5 Å². The van der Waals surface area contributed by atoms with Crippen molar-refractivity contribution in [2.45, 2.75) is 13.0 Å². The van der Waals surface area contributed by atoms with Gasteiger partial charge >= 0.3 is 0 Å². The number of hydrogen-bond acceptors (Lipinski definition) is 2. The van der Waals surface area contributed by atoms with Crippen molar-refractivity contribution < 1.29 is 9.53 Å². The molecule has 0 N–H and O–H groups in total. The van der Waals surface area contributed by atoms with Gasteiger partial charge in [-0.3, -0.25) is 9.69 Å². The lowest BCUT2D eigenvalue weighted by Crippen LogP contribution is -2.41. The van der Waals surface area contributed by atoms with Crippen molar-refractivity contribution in [1.29, 1.82) is 0 Å². The molecule has 0 spiro atoms. The molecule has 0 aromatic heterocycles. The largest absolute Gasteiger partial charge is 0.479 e. The molecule has 0 aliphatic carbocycles. The van der Waals surface area contributed by atoms with Crippen LogP contribution >= 0.6 is 15.9 Å². The maximum Gasteiger partial charge on any atom is 0.272 e. The average Bonchev–Trinajstić information content (AvgIpc) is 2.42. The van der Waals surface area contributed by atoms with Crippen LogP contribution in [0.4, 0.5) is 11.4 Å². The van der Waals surface area contributed by atoms with Crippen LogP contribution in [-0.2, 0) is 4.79 Å². The van der Waals surface area contributed by atoms with Crippen LogP contribution in [0.1, 0.15) is 6.92 Å². The molecule has 1 atom stereocenters. The summed E-state index contributed by atoms with van der Waals surface area (Å²) < 4.78 is 6.60. The first kappa shape index (κ1) is 12.2. The molecule has 2 aromatic carbocycles. The predicted molar refractivity (Wildman–Crippen MR) is 77.8 cm³/mol. The molecule has 1 heterocycles. The maximum atomic E-state index is 12.4. The Kier molecular flexibility index (Phi) is 3.03. The zero-order chi connectivity index (χ0) is 13.4. The highest BCUT2D eigenvalue weighted by Gasteiger charge is 2.32. The molecule has 0 fully saturated rings. The van der Waals surface area contributed by atoms with Gasteiger partial charge in [-0.25, -0.2) is 0 Å². The summed E-state index contributed by atoms with van der Waals surface area (Å²) in [6.45, 7) is 1.77. The number of benzene rings is 2. The molecule has 3 nitrogen and oxygen atoms in total. The number of anilines is 2. The van der Waals surface area contributed by atoms with Gasteiger partial charge in [0.1, 0.15) is 5.75 Å². The monoisotopic (exact) mass is 317 g/mol. The van der Waals surface area contributed by atoms with Gasteiger partial charge in [0, 0.05) is 10.2 Å².